The maximum Gasteiger partial charge on any atom is 1.00 e. The molecule has 6 heterocycles. The van der Waals surface area contributed by atoms with Crippen molar-refractivity contribution >= 4 is 64.1 Å². The summed E-state index contributed by atoms with van der Waals surface area (Å²) in [6.45, 7) is -3.04. The number of nitrogens with zero attached hydrogens (tertiary/aromatic N) is 6. The minimum absolute atomic E-state index is 0. The Kier molecular flexibility index (Phi) is 33.0. The number of aliphatic hydroxyl groups is 1. The van der Waals surface area contributed by atoms with E-state index in [4.69, 9.17) is 33.7 Å². The van der Waals surface area contributed by atoms with Crippen LogP contribution in [0.5, 0.6) is 0 Å². The van der Waals surface area contributed by atoms with Crippen molar-refractivity contribution in [2.24, 2.45) is 0 Å². The Morgan fingerprint density at radius 3 is 0.898 bits per heavy atom. The summed E-state index contributed by atoms with van der Waals surface area (Å²) >= 11 is 0. The Balaban J connectivity index is -0.000000226. The van der Waals surface area contributed by atoms with Gasteiger partial charge < -0.3 is 60.6 Å². The van der Waals surface area contributed by atoms with E-state index in [-0.39, 0.29) is 160 Å². The zero-order valence-corrected chi connectivity index (χ0v) is 41.4. The summed E-state index contributed by atoms with van der Waals surface area (Å²) in [7, 11) is 9.56. The van der Waals surface area contributed by atoms with Crippen LogP contribution in [0.4, 0.5) is 0 Å². The molecule has 6 fully saturated rings. The number of rotatable bonds is 9. The van der Waals surface area contributed by atoms with Crippen LogP contribution in [-0.2, 0) is 61.7 Å². The standard InChI is InChI=1S/C20H32BN4O8.C5H9NO2.C5H7NO2.BHO3.B.3Na.2H2O.H2.H/c1-22-13(26)5-9-17(22)30-21(31-18-10-6-14(27)23(18)2,32-19-11-7-15(28)24(19)3)33-20-12-8-16(29)25(20)4;2*1-6-4(7)2-3-5(6)8;2-1-4-3;;;;;;;;/h17-20H,5-12H2,1-4H3;4,7H,2-3H2,1H3;2-3H2,1H3;3H;;;;;2*1H2;1H;/q-1;;;;;3*+1;;;;-1/p-1. The summed E-state index contributed by atoms with van der Waals surface area (Å²) in [6.07, 6.45) is 1.51. The van der Waals surface area contributed by atoms with Crippen LogP contribution in [-0.4, -0.2) is 188 Å². The summed E-state index contributed by atoms with van der Waals surface area (Å²) < 4.78 is 33.9. The smallest absolute Gasteiger partial charge is 1.00 e. The first kappa shape index (κ1) is 64.6. The van der Waals surface area contributed by atoms with Gasteiger partial charge in [0.1, 0.15) is 6.23 Å². The minimum atomic E-state index is -3.04. The number of imide groups is 1. The predicted molar refractivity (Wildman–Crippen MR) is 193 cm³/mol. The first-order valence-corrected chi connectivity index (χ1v) is 17.3. The van der Waals surface area contributed by atoms with Crippen molar-refractivity contribution in [3.63, 3.8) is 0 Å². The van der Waals surface area contributed by atoms with E-state index in [9.17, 15) is 33.6 Å². The van der Waals surface area contributed by atoms with Gasteiger partial charge in [-0.05, 0) is 25.7 Å². The van der Waals surface area contributed by atoms with E-state index in [1.54, 1.807) is 35.2 Å². The van der Waals surface area contributed by atoms with Crippen LogP contribution >= 0.6 is 0 Å². The van der Waals surface area contributed by atoms with Crippen LogP contribution < -0.4 is 88.7 Å². The van der Waals surface area contributed by atoms with Crippen molar-refractivity contribution in [3.8, 4) is 0 Å². The molecule has 6 aliphatic heterocycles. The number of amides is 7. The number of aliphatic hydroxyl groups excluding tert-OH is 1. The van der Waals surface area contributed by atoms with Crippen LogP contribution in [0.25, 0.3) is 0 Å². The van der Waals surface area contributed by atoms with E-state index in [1.807, 2.05) is 0 Å². The maximum atomic E-state index is 12.2. The second-order valence-electron chi connectivity index (χ2n) is 13.2. The SMILES string of the molecule is CN1C(=O)CCC1=O.CN1C(=O)CCC1O.CN1C(=O)CCC1O[B-](OC1CCC(=O)N1C)(OC1CCC(=O)N1C)OC1CCC(=O)N1C.O.O=BOO.[B].[H-].[HH].[Na+].[Na+].[Na+].[OH-]. The molecular formula is C30H55B3N6Na3O17. The fourth-order valence-corrected chi connectivity index (χ4v) is 6.19. The average Bonchev–Trinajstić information content (AvgIpc) is 3.96. The number of carbonyl (C=O) groups excluding carboxylic acids is 7. The van der Waals surface area contributed by atoms with Gasteiger partial charge in [0.15, 0.2) is 0 Å². The zero-order chi connectivity index (χ0) is 39.6. The normalized spacial score (nSPS) is 25.3. The van der Waals surface area contributed by atoms with Gasteiger partial charge in [-0.1, -0.05) is 0 Å². The van der Waals surface area contributed by atoms with Gasteiger partial charge in [-0.2, -0.15) is 0 Å². The Labute approximate surface area is 415 Å². The van der Waals surface area contributed by atoms with Gasteiger partial charge in [0.25, 0.3) is 0 Å². The summed E-state index contributed by atoms with van der Waals surface area (Å²) in [5, 5.41) is 15.9. The Morgan fingerprint density at radius 2 is 0.780 bits per heavy atom. The third kappa shape index (κ3) is 17.9. The quantitative estimate of drug-likeness (QED) is 0.0941. The molecule has 6 aliphatic rings. The molecule has 0 aromatic heterocycles. The number of hydrogen-bond donors (Lipinski definition) is 2. The molecule has 7 amide bonds. The maximum absolute atomic E-state index is 12.2. The minimum Gasteiger partial charge on any atom is -1.00 e. The molecule has 6 rings (SSSR count). The van der Waals surface area contributed by atoms with Crippen molar-refractivity contribution in [2.75, 3.05) is 42.3 Å². The van der Waals surface area contributed by atoms with Crippen LogP contribution in [0.3, 0.4) is 0 Å². The monoisotopic (exact) mass is 873 g/mol. The van der Waals surface area contributed by atoms with Crippen molar-refractivity contribution in [2.45, 2.75) is 108 Å². The first-order valence-electron chi connectivity index (χ1n) is 17.3. The van der Waals surface area contributed by atoms with E-state index in [2.05, 4.69) is 4.81 Å². The zero-order valence-electron chi connectivity index (χ0n) is 36.4. The van der Waals surface area contributed by atoms with Gasteiger partial charge in [0, 0.05) is 103 Å². The van der Waals surface area contributed by atoms with Gasteiger partial charge in [0.05, 0.1) is 24.9 Å². The molecule has 0 spiro atoms. The van der Waals surface area contributed by atoms with E-state index in [0.717, 1.165) is 0 Å². The van der Waals surface area contributed by atoms with Crippen molar-refractivity contribution in [1.82, 2.24) is 29.4 Å². The molecule has 3 radical (unpaired) electrons. The average molecular weight is 873 g/mol. The fourth-order valence-electron chi connectivity index (χ4n) is 6.19. The van der Waals surface area contributed by atoms with Gasteiger partial charge in [-0.15, -0.1) is 0 Å². The number of carbonyl (C=O) groups is 7. The molecule has 0 aromatic carbocycles. The summed E-state index contributed by atoms with van der Waals surface area (Å²) in [6, 6.07) is 0. The van der Waals surface area contributed by atoms with E-state index >= 15 is 0 Å². The third-order valence-electron chi connectivity index (χ3n) is 9.82. The Morgan fingerprint density at radius 1 is 0.542 bits per heavy atom. The molecule has 59 heavy (non-hydrogen) atoms. The Hall–Kier alpha value is -1.04. The molecule has 29 heteroatoms. The number of hydrogen-bond acceptors (Lipinski definition) is 16. The van der Waals surface area contributed by atoms with Crippen molar-refractivity contribution in [3.05, 3.63) is 0 Å². The predicted octanol–water partition coefficient (Wildman–Crippen LogP) is -11.4. The molecule has 319 valence electrons. The van der Waals surface area contributed by atoms with E-state index in [0.29, 0.717) is 77.0 Å². The van der Waals surface area contributed by atoms with Gasteiger partial charge >= 0.3 is 118 Å². The molecule has 0 bridgehead atoms. The van der Waals surface area contributed by atoms with Gasteiger partial charge in [-0.25, -0.2) is 0 Å². The molecule has 5 N–H and O–H groups in total. The fraction of sp³-hybridized carbons (Fsp3) is 0.767. The van der Waals surface area contributed by atoms with Crippen LogP contribution in [0.2, 0.25) is 0 Å². The summed E-state index contributed by atoms with van der Waals surface area (Å²) in [5.41, 5.74) is 0. The largest absolute Gasteiger partial charge is 1.00 e. The Bertz CT molecular complexity index is 1280. The molecular weight excluding hydrogens is 818 g/mol. The number of likely N-dealkylation sites (tertiary alicyclic amines) is 6. The molecule has 5 atom stereocenters. The second kappa shape index (κ2) is 30.1. The van der Waals surface area contributed by atoms with Crippen LogP contribution in [0, 0.1) is 0 Å². The van der Waals surface area contributed by atoms with E-state index in [1.165, 1.54) is 36.4 Å². The van der Waals surface area contributed by atoms with Crippen molar-refractivity contribution in [1.29, 1.82) is 0 Å². The first-order chi connectivity index (χ1) is 24.9. The molecule has 0 aromatic rings. The van der Waals surface area contributed by atoms with Crippen LogP contribution in [0.1, 0.15) is 79.9 Å². The summed E-state index contributed by atoms with van der Waals surface area (Å²) in [5.74, 6) is -0.417. The molecule has 0 aliphatic carbocycles. The van der Waals surface area contributed by atoms with E-state index < -0.39 is 38.1 Å². The van der Waals surface area contributed by atoms with Gasteiger partial charge in [0.2, 0.25) is 41.4 Å². The molecule has 23 nitrogen and oxygen atoms in total. The summed E-state index contributed by atoms with van der Waals surface area (Å²) in [4.78, 5) is 91.4. The second-order valence-corrected chi connectivity index (χ2v) is 13.2. The molecule has 5 unspecified atom stereocenters. The topological polar surface area (TPSA) is 304 Å². The third-order valence-corrected chi connectivity index (χ3v) is 9.82. The van der Waals surface area contributed by atoms with Gasteiger partial charge in [-0.3, -0.25) is 38.5 Å². The molecule has 6 saturated heterocycles. The van der Waals surface area contributed by atoms with Crippen LogP contribution in [0.15, 0.2) is 0 Å². The molecule has 0 saturated carbocycles. The van der Waals surface area contributed by atoms with Crippen molar-refractivity contribution < 1.29 is 175 Å².